The van der Waals surface area contributed by atoms with Crippen molar-refractivity contribution in [3.63, 3.8) is 0 Å². The molecule has 0 aliphatic heterocycles. The van der Waals surface area contributed by atoms with Crippen molar-refractivity contribution in [2.75, 3.05) is 9.80 Å². The summed E-state index contributed by atoms with van der Waals surface area (Å²) in [4.78, 5) is 4.72. The first kappa shape index (κ1) is 41.3. The summed E-state index contributed by atoms with van der Waals surface area (Å²) in [5, 5.41) is 2.46. The number of anilines is 6. The van der Waals surface area contributed by atoms with Crippen molar-refractivity contribution < 1.29 is 0 Å². The van der Waals surface area contributed by atoms with Crippen LogP contribution < -0.4 is 9.80 Å². The minimum absolute atomic E-state index is 1.10. The lowest BCUT2D eigenvalue weighted by molar-refractivity contribution is 1.18. The van der Waals surface area contributed by atoms with Gasteiger partial charge >= 0.3 is 0 Å². The smallest absolute Gasteiger partial charge is 0.0541 e. The number of nitrogens with zero attached hydrogens (tertiary/aromatic N) is 3. The molecule has 11 rings (SSSR count). The zero-order valence-electron chi connectivity index (χ0n) is 38.4. The van der Waals surface area contributed by atoms with Crippen molar-refractivity contribution in [2.24, 2.45) is 0 Å². The molecular weight excluding hydrogens is 811 g/mol. The average molecular weight is 862 g/mol. The Kier molecular flexibility index (Phi) is 10.8. The lowest BCUT2D eigenvalue weighted by atomic mass is 9.92. The lowest BCUT2D eigenvalue weighted by Gasteiger charge is -2.26. The standard InChI is InChI=1S/C64H51N3/c1-44-20-29-55(30-21-44)65(56-31-22-45(2)23-32-56)59-16-10-12-48(41-59)51-38-52(49-13-11-17-60(42-49)66(57-33-24-46(3)25-34-57)58-35-26-47(4)27-36-58)40-53(39-51)50-28-37-64-62(43-50)61-18-8-9-19-63(61)67(64)54-14-6-5-7-15-54/h5-43H,1-4H3. The normalized spacial score (nSPS) is 11.3. The first-order valence-corrected chi connectivity index (χ1v) is 23.1. The third-order valence-electron chi connectivity index (χ3n) is 13.0. The van der Waals surface area contributed by atoms with Crippen molar-refractivity contribution in [3.05, 3.63) is 259 Å². The van der Waals surface area contributed by atoms with Gasteiger partial charge < -0.3 is 14.4 Å². The van der Waals surface area contributed by atoms with Gasteiger partial charge in [-0.2, -0.15) is 0 Å². The molecule has 10 aromatic carbocycles. The second kappa shape index (κ2) is 17.5. The van der Waals surface area contributed by atoms with E-state index in [9.17, 15) is 0 Å². The number of fused-ring (bicyclic) bond motifs is 3. The van der Waals surface area contributed by atoms with E-state index in [2.05, 4.69) is 279 Å². The first-order chi connectivity index (χ1) is 32.8. The Bertz CT molecular complexity index is 3280. The number of aromatic nitrogens is 1. The quantitative estimate of drug-likeness (QED) is 0.136. The van der Waals surface area contributed by atoms with Crippen molar-refractivity contribution in [1.82, 2.24) is 4.57 Å². The SMILES string of the molecule is Cc1ccc(N(c2ccc(C)cc2)c2cccc(-c3cc(-c4cccc(N(c5ccc(C)cc5)c5ccc(C)cc5)c4)cc(-c4ccc5c(c4)c4ccccc4n5-c4ccccc4)c3)c2)cc1. The molecule has 322 valence electrons. The Morgan fingerprint density at radius 1 is 0.254 bits per heavy atom. The highest BCUT2D eigenvalue weighted by atomic mass is 15.1. The van der Waals surface area contributed by atoms with Crippen LogP contribution in [0.15, 0.2) is 237 Å². The monoisotopic (exact) mass is 861 g/mol. The van der Waals surface area contributed by atoms with Gasteiger partial charge in [-0.3, -0.25) is 0 Å². The minimum atomic E-state index is 1.10. The van der Waals surface area contributed by atoms with Gasteiger partial charge in [-0.05, 0) is 182 Å². The predicted octanol–water partition coefficient (Wildman–Crippen LogP) is 18.0. The van der Waals surface area contributed by atoms with E-state index in [-0.39, 0.29) is 0 Å². The van der Waals surface area contributed by atoms with Crippen LogP contribution in [0.1, 0.15) is 22.3 Å². The van der Waals surface area contributed by atoms with Crippen LogP contribution in [-0.2, 0) is 0 Å². The average Bonchev–Trinajstić information content (AvgIpc) is 3.70. The zero-order valence-corrected chi connectivity index (χ0v) is 38.4. The van der Waals surface area contributed by atoms with Crippen molar-refractivity contribution in [2.45, 2.75) is 27.7 Å². The molecule has 0 aliphatic carbocycles. The molecule has 1 aromatic heterocycles. The summed E-state index contributed by atoms with van der Waals surface area (Å²) in [6, 6.07) is 86.8. The van der Waals surface area contributed by atoms with Gasteiger partial charge in [-0.1, -0.05) is 138 Å². The molecule has 0 saturated carbocycles. The summed E-state index contributed by atoms with van der Waals surface area (Å²) in [6.07, 6.45) is 0. The molecule has 3 heteroatoms. The van der Waals surface area contributed by atoms with Crippen LogP contribution in [0.5, 0.6) is 0 Å². The summed E-state index contributed by atoms with van der Waals surface area (Å²) in [7, 11) is 0. The van der Waals surface area contributed by atoms with Gasteiger partial charge in [0.25, 0.3) is 0 Å². The van der Waals surface area contributed by atoms with Crippen molar-refractivity contribution in [3.8, 4) is 39.1 Å². The number of hydrogen-bond donors (Lipinski definition) is 0. The largest absolute Gasteiger partial charge is 0.310 e. The summed E-state index contributed by atoms with van der Waals surface area (Å²) in [6.45, 7) is 8.57. The molecule has 0 radical (unpaired) electrons. The van der Waals surface area contributed by atoms with E-state index in [1.165, 1.54) is 49.6 Å². The first-order valence-electron chi connectivity index (χ1n) is 23.1. The molecule has 0 saturated heterocycles. The number of benzene rings is 10. The van der Waals surface area contributed by atoms with Gasteiger partial charge in [-0.25, -0.2) is 0 Å². The zero-order chi connectivity index (χ0) is 45.4. The summed E-state index contributed by atoms with van der Waals surface area (Å²) in [5.74, 6) is 0. The van der Waals surface area contributed by atoms with Gasteiger partial charge in [-0.15, -0.1) is 0 Å². The fraction of sp³-hybridized carbons (Fsp3) is 0.0625. The molecule has 0 amide bonds. The van der Waals surface area contributed by atoms with E-state index in [1.807, 2.05) is 0 Å². The maximum atomic E-state index is 2.39. The molecule has 0 atom stereocenters. The molecule has 0 fully saturated rings. The number of hydrogen-bond acceptors (Lipinski definition) is 2. The third-order valence-corrected chi connectivity index (χ3v) is 13.0. The van der Waals surface area contributed by atoms with Crippen LogP contribution >= 0.6 is 0 Å². The second-order valence-corrected chi connectivity index (χ2v) is 17.8. The Labute approximate surface area is 394 Å². The van der Waals surface area contributed by atoms with E-state index < -0.39 is 0 Å². The van der Waals surface area contributed by atoms with Crippen LogP contribution in [0.4, 0.5) is 34.1 Å². The Morgan fingerprint density at radius 3 is 1.09 bits per heavy atom. The predicted molar refractivity (Wildman–Crippen MR) is 285 cm³/mol. The summed E-state index contributed by atoms with van der Waals surface area (Å²) in [5.41, 5.74) is 22.0. The maximum Gasteiger partial charge on any atom is 0.0541 e. The highest BCUT2D eigenvalue weighted by Gasteiger charge is 2.18. The van der Waals surface area contributed by atoms with Crippen molar-refractivity contribution in [1.29, 1.82) is 0 Å². The Balaban J connectivity index is 1.10. The molecule has 0 unspecified atom stereocenters. The van der Waals surface area contributed by atoms with E-state index in [0.717, 1.165) is 67.6 Å². The molecule has 11 aromatic rings. The Hall–Kier alpha value is -8.40. The summed E-state index contributed by atoms with van der Waals surface area (Å²) >= 11 is 0. The van der Waals surface area contributed by atoms with Crippen molar-refractivity contribution >= 4 is 55.9 Å². The molecule has 67 heavy (non-hydrogen) atoms. The topological polar surface area (TPSA) is 11.4 Å². The molecule has 0 N–H and O–H groups in total. The lowest BCUT2D eigenvalue weighted by Crippen LogP contribution is -2.10. The van der Waals surface area contributed by atoms with Gasteiger partial charge in [0.05, 0.1) is 11.0 Å². The van der Waals surface area contributed by atoms with E-state index >= 15 is 0 Å². The van der Waals surface area contributed by atoms with Crippen LogP contribution in [0.25, 0.3) is 60.9 Å². The van der Waals surface area contributed by atoms with Gasteiger partial charge in [0.15, 0.2) is 0 Å². The highest BCUT2D eigenvalue weighted by molar-refractivity contribution is 6.10. The van der Waals surface area contributed by atoms with E-state index in [1.54, 1.807) is 0 Å². The molecule has 0 bridgehead atoms. The number of rotatable bonds is 10. The molecule has 0 spiro atoms. The number of para-hydroxylation sites is 2. The Morgan fingerprint density at radius 2 is 0.642 bits per heavy atom. The minimum Gasteiger partial charge on any atom is -0.310 e. The van der Waals surface area contributed by atoms with Crippen LogP contribution in [0, 0.1) is 27.7 Å². The van der Waals surface area contributed by atoms with Gasteiger partial charge in [0.1, 0.15) is 0 Å². The molecular formula is C64H51N3. The van der Waals surface area contributed by atoms with E-state index in [4.69, 9.17) is 0 Å². The molecule has 0 aliphatic rings. The van der Waals surface area contributed by atoms with Crippen LogP contribution in [0.3, 0.4) is 0 Å². The van der Waals surface area contributed by atoms with Crippen LogP contribution in [-0.4, -0.2) is 4.57 Å². The summed E-state index contributed by atoms with van der Waals surface area (Å²) < 4.78 is 2.38. The molecule has 1 heterocycles. The number of aryl methyl sites for hydroxylation is 4. The van der Waals surface area contributed by atoms with E-state index in [0.29, 0.717) is 0 Å². The molecule has 3 nitrogen and oxygen atoms in total. The maximum absolute atomic E-state index is 2.39. The highest BCUT2D eigenvalue weighted by Crippen LogP contribution is 2.42. The fourth-order valence-corrected chi connectivity index (χ4v) is 9.45. The van der Waals surface area contributed by atoms with Crippen LogP contribution in [0.2, 0.25) is 0 Å². The van der Waals surface area contributed by atoms with Gasteiger partial charge in [0.2, 0.25) is 0 Å². The fourth-order valence-electron chi connectivity index (χ4n) is 9.45. The second-order valence-electron chi connectivity index (χ2n) is 17.8. The van der Waals surface area contributed by atoms with Gasteiger partial charge in [0, 0.05) is 50.6 Å². The third kappa shape index (κ3) is 8.17.